The monoisotopic (exact) mass is 1990 g/mol. The highest BCUT2D eigenvalue weighted by molar-refractivity contribution is 7.19. The highest BCUT2D eigenvalue weighted by atomic mass is 32.1. The van der Waals surface area contributed by atoms with Crippen LogP contribution in [0.25, 0.3) is 164 Å². The lowest BCUT2D eigenvalue weighted by molar-refractivity contribution is 0.122. The zero-order valence-corrected chi connectivity index (χ0v) is 83.8. The molecule has 1 unspecified atom stereocenters. The number of piperidine rings is 2. The van der Waals surface area contributed by atoms with Gasteiger partial charge in [-0.1, -0.05) is 195 Å². The van der Waals surface area contributed by atoms with E-state index in [4.69, 9.17) is 54.6 Å². The van der Waals surface area contributed by atoms with Crippen LogP contribution in [-0.2, 0) is 4.74 Å². The number of hydrogen-bond acceptors (Lipinski definition) is 30. The Kier molecular flexibility index (Phi) is 29.7. The maximum atomic E-state index is 10.2. The molecule has 1 saturated carbocycles. The minimum atomic E-state index is -0.323. The molecule has 25 nitrogen and oxygen atoms in total. The summed E-state index contributed by atoms with van der Waals surface area (Å²) in [5, 5.41) is 40.4. The van der Waals surface area contributed by atoms with Gasteiger partial charge in [0.05, 0.1) is 52.4 Å². The third-order valence-electron chi connectivity index (χ3n) is 27.1. The number of hydrogen-bond donors (Lipinski definition) is 3. The molecule has 144 heavy (non-hydrogen) atoms. The summed E-state index contributed by atoms with van der Waals surface area (Å²) in [6.45, 7) is 15.2. The molecule has 20 heterocycles. The summed E-state index contributed by atoms with van der Waals surface area (Å²) in [6.07, 6.45) is 19.4. The number of anilines is 5. The van der Waals surface area contributed by atoms with Gasteiger partial charge in [0.1, 0.15) is 81.7 Å². The molecule has 5 saturated heterocycles. The van der Waals surface area contributed by atoms with Crippen molar-refractivity contribution in [2.24, 2.45) is 0 Å². The van der Waals surface area contributed by atoms with E-state index in [2.05, 4.69) is 202 Å². The van der Waals surface area contributed by atoms with Crippen LogP contribution in [0.4, 0.5) is 29.1 Å². The molecule has 15 aromatic heterocycles. The quantitative estimate of drug-likeness (QED) is 0.0678. The first kappa shape index (κ1) is 94.7. The van der Waals surface area contributed by atoms with Crippen LogP contribution >= 0.6 is 56.7 Å². The van der Waals surface area contributed by atoms with Gasteiger partial charge in [0.25, 0.3) is 0 Å². The standard InChI is InChI=1S/C27H30N6S.2C22H20N4OS.C22H20N4S.C21H18N4OS/c1-2-8-21(9-3-1)22-20-34-27-24(22)26(29-25(30-27)23-10-4-5-11-28-23)33-18-16-32(17-19-33)15-14-31-12-6-7-13-31;27-16-9-6-12-26(13-16)21-19-17(15-7-2-1-3-8-15)14-28-22(19)25-20(24-21)18-10-4-5-11-23-18;27-16-9-12-26(13-10-16)21-19-17(15-6-2-1-3-7-15)14-28-22(19)25-20(24-21)18-8-4-5-11-23-18;1-2-8-15(9-3-1)17-14-27-22-19(17)21(24-16-10-4-5-11-16)25-20(26-22)18-12-6-7-13-23-18;1-2-6-15(7-3-1)16-14-27-21-18(16)20(25-10-12-26-13-11-25)23-19(24-21)17-8-4-5-9-22-17/h1-5,8-11,20H,6-7,12-19H2;1-5,7-8,10-11,14,16,27H,6,9,12-13H2;1-8,11,14,16,27H,9-10,12-13H2;1-3,6-9,12-14,16H,4-5,10-11H2,(H,24,25,26);1-9,14H,10-13H2. The molecule has 5 aromatic carbocycles. The molecule has 722 valence electrons. The van der Waals surface area contributed by atoms with E-state index < -0.39 is 0 Å². The molecular weight excluding hydrogens is 1890 g/mol. The van der Waals surface area contributed by atoms with Crippen molar-refractivity contribution in [2.45, 2.75) is 82.5 Å². The molecule has 1 atom stereocenters. The van der Waals surface area contributed by atoms with Crippen molar-refractivity contribution in [3.05, 3.63) is 301 Å². The third kappa shape index (κ3) is 21.7. The van der Waals surface area contributed by atoms with Crippen molar-refractivity contribution in [1.82, 2.24) is 84.6 Å². The Morgan fingerprint density at radius 3 is 0.917 bits per heavy atom. The summed E-state index contributed by atoms with van der Waals surface area (Å²) in [5.74, 6) is 8.14. The second-order valence-corrected chi connectivity index (χ2v) is 40.8. The molecule has 6 aliphatic rings. The highest BCUT2D eigenvalue weighted by Crippen LogP contribution is 2.47. The normalized spacial score (nSPS) is 15.9. The van der Waals surface area contributed by atoms with Gasteiger partial charge in [-0.2, -0.15) is 0 Å². The summed E-state index contributed by atoms with van der Waals surface area (Å²) in [6, 6.07) is 81.9. The van der Waals surface area contributed by atoms with E-state index in [-0.39, 0.29) is 12.2 Å². The van der Waals surface area contributed by atoms with Crippen LogP contribution in [-0.4, -0.2) is 218 Å². The topological polar surface area (TPSA) is 275 Å². The van der Waals surface area contributed by atoms with E-state index in [0.717, 1.165) is 218 Å². The molecular formula is C114H108N22O3S5. The molecule has 20 aromatic rings. The molecule has 26 rings (SSSR count). The Balaban J connectivity index is 0.000000103. The third-order valence-corrected chi connectivity index (χ3v) is 31.4. The second-order valence-electron chi connectivity index (χ2n) is 36.5. The Hall–Kier alpha value is -14.2. The number of likely N-dealkylation sites (tertiary alicyclic amines) is 1. The number of nitrogens with zero attached hydrogens (tertiary/aromatic N) is 21. The van der Waals surface area contributed by atoms with E-state index >= 15 is 0 Å². The van der Waals surface area contributed by atoms with Crippen molar-refractivity contribution >= 4 is 137 Å². The van der Waals surface area contributed by atoms with E-state index in [1.54, 1.807) is 81.5 Å². The van der Waals surface area contributed by atoms with Crippen LogP contribution in [0.3, 0.4) is 0 Å². The Morgan fingerprint density at radius 1 is 0.271 bits per heavy atom. The number of pyridine rings is 5. The molecule has 6 fully saturated rings. The molecule has 1 aliphatic carbocycles. The summed E-state index contributed by atoms with van der Waals surface area (Å²) in [4.78, 5) is 90.8. The lowest BCUT2D eigenvalue weighted by Gasteiger charge is -2.36. The number of aliphatic hydroxyl groups is 2. The van der Waals surface area contributed by atoms with E-state index in [0.29, 0.717) is 41.7 Å². The van der Waals surface area contributed by atoms with Gasteiger partial charge in [0.2, 0.25) is 0 Å². The summed E-state index contributed by atoms with van der Waals surface area (Å²) >= 11 is 8.30. The smallest absolute Gasteiger partial charge is 0.181 e. The molecule has 0 spiro atoms. The van der Waals surface area contributed by atoms with Crippen LogP contribution in [0.5, 0.6) is 0 Å². The number of aromatic nitrogens is 15. The van der Waals surface area contributed by atoms with Crippen LogP contribution in [0.1, 0.15) is 64.2 Å². The molecule has 3 N–H and O–H groups in total. The van der Waals surface area contributed by atoms with Crippen LogP contribution in [0.15, 0.2) is 301 Å². The average molecular weight is 1990 g/mol. The minimum Gasteiger partial charge on any atom is -0.393 e. The van der Waals surface area contributed by atoms with Gasteiger partial charge in [-0.3, -0.25) is 29.8 Å². The van der Waals surface area contributed by atoms with Crippen molar-refractivity contribution in [1.29, 1.82) is 0 Å². The summed E-state index contributed by atoms with van der Waals surface area (Å²) < 4.78 is 5.55. The number of piperazine rings is 1. The number of aliphatic hydroxyl groups excluding tert-OH is 2. The average Bonchev–Trinajstić information content (AvgIpc) is 1.63. The van der Waals surface area contributed by atoms with Crippen molar-refractivity contribution in [3.63, 3.8) is 0 Å². The zero-order chi connectivity index (χ0) is 96.7. The second kappa shape index (κ2) is 45.2. The number of benzene rings is 5. The number of morpholine rings is 1. The number of fused-ring (bicyclic) bond motifs is 5. The van der Waals surface area contributed by atoms with Crippen LogP contribution < -0.4 is 24.9 Å². The van der Waals surface area contributed by atoms with Crippen LogP contribution in [0, 0.1) is 0 Å². The van der Waals surface area contributed by atoms with Crippen LogP contribution in [0.2, 0.25) is 0 Å². The zero-order valence-electron chi connectivity index (χ0n) is 79.7. The molecule has 5 aliphatic heterocycles. The van der Waals surface area contributed by atoms with Crippen molar-refractivity contribution in [3.8, 4) is 113 Å². The van der Waals surface area contributed by atoms with Crippen molar-refractivity contribution < 1.29 is 14.9 Å². The lowest BCUT2D eigenvalue weighted by atomic mass is 10.0. The Labute approximate surface area is 856 Å². The number of β-amino-alcohol motifs (C(OH)–C–C–N with tert-alkyl or cyclic N) is 1. The van der Waals surface area contributed by atoms with Gasteiger partial charge in [-0.25, -0.2) is 49.8 Å². The highest BCUT2D eigenvalue weighted by Gasteiger charge is 2.32. The first-order chi connectivity index (χ1) is 71.2. The van der Waals surface area contributed by atoms with Gasteiger partial charge >= 0.3 is 0 Å². The maximum absolute atomic E-state index is 10.2. The molecule has 0 bridgehead atoms. The number of ether oxygens (including phenoxy) is 1. The fourth-order valence-electron chi connectivity index (χ4n) is 19.6. The molecule has 0 amide bonds. The predicted molar refractivity (Wildman–Crippen MR) is 589 cm³/mol. The van der Waals surface area contributed by atoms with E-state index in [1.807, 2.05) is 134 Å². The van der Waals surface area contributed by atoms with E-state index in [9.17, 15) is 10.2 Å². The Bertz CT molecular complexity index is 7630. The molecule has 30 heteroatoms. The minimum absolute atomic E-state index is 0.222. The van der Waals surface area contributed by atoms with Gasteiger partial charge in [-0.05, 0) is 153 Å². The number of rotatable bonds is 19. The van der Waals surface area contributed by atoms with Crippen molar-refractivity contribution in [2.75, 3.05) is 130 Å². The lowest BCUT2D eigenvalue weighted by Crippen LogP contribution is -2.48. The first-order valence-electron chi connectivity index (χ1n) is 49.7. The van der Waals surface area contributed by atoms with E-state index in [1.165, 1.54) is 109 Å². The summed E-state index contributed by atoms with van der Waals surface area (Å²) in [5.41, 5.74) is 15.8. The maximum Gasteiger partial charge on any atom is 0.181 e. The number of thiophene rings is 5. The first-order valence-corrected chi connectivity index (χ1v) is 54.1. The largest absolute Gasteiger partial charge is 0.393 e. The fraction of sp³-hybridized carbons (Fsp3) is 0.254. The van der Waals surface area contributed by atoms with Gasteiger partial charge in [0.15, 0.2) is 29.1 Å². The number of nitrogens with one attached hydrogen (secondary N) is 1. The SMILES string of the molecule is OC1CCCN(c2nc(-c3ccccn3)nc3scc(-c4ccccc4)c23)C1.OC1CCN(c2nc(-c3ccccn3)nc3scc(-c4ccccc4)c23)CC1.c1ccc(-c2csc3nc(-c4ccccn4)nc(N4CCN(CCN5CCCC5)CC4)c23)cc1.c1ccc(-c2csc3nc(-c4ccccn4)nc(N4CCOCC4)c23)cc1.c1ccc(-c2csc3nc(-c4ccccn4)nc(NC4CCCC4)c23)cc1. The Morgan fingerprint density at radius 2 is 0.576 bits per heavy atom. The summed E-state index contributed by atoms with van der Waals surface area (Å²) in [7, 11) is 0. The molecule has 0 radical (unpaired) electrons. The predicted octanol–water partition coefficient (Wildman–Crippen LogP) is 23.4. The fourth-order valence-corrected chi connectivity index (χ4v) is 24.3. The van der Waals surface area contributed by atoms with Gasteiger partial charge < -0.3 is 44.8 Å². The van der Waals surface area contributed by atoms with Gasteiger partial charge in [-0.15, -0.1) is 56.7 Å². The van der Waals surface area contributed by atoms with Gasteiger partial charge in [0, 0.05) is 170 Å².